The second kappa shape index (κ2) is 7.46. The van der Waals surface area contributed by atoms with E-state index < -0.39 is 25.2 Å². The first kappa shape index (κ1) is 19.4. The standard InChI is InChI=1S/C21H23NO4S2/c1-16-12-14-19(15-13-16)28(24,25)22-27(23,18-10-6-3-7-11-18)21-20(26-21)17-8-4-2-5-9-17/h2-4,6-7,10-15,17,20-21H,5,8-9H2,1H3/t17?,20-,21-,27?/m0/s1. The van der Waals surface area contributed by atoms with Crippen LogP contribution in [-0.2, 0) is 24.5 Å². The molecule has 1 aliphatic carbocycles. The van der Waals surface area contributed by atoms with Crippen molar-refractivity contribution in [3.8, 4) is 0 Å². The Labute approximate surface area is 166 Å². The molecule has 0 spiro atoms. The second-order valence-corrected chi connectivity index (χ2v) is 11.3. The summed E-state index contributed by atoms with van der Waals surface area (Å²) in [5.74, 6) is 0.247. The van der Waals surface area contributed by atoms with Gasteiger partial charge in [0, 0.05) is 0 Å². The van der Waals surface area contributed by atoms with E-state index in [1.54, 1.807) is 42.5 Å². The van der Waals surface area contributed by atoms with E-state index in [4.69, 9.17) is 4.74 Å². The van der Waals surface area contributed by atoms with Gasteiger partial charge in [0.1, 0.15) is 15.8 Å². The molecule has 7 heteroatoms. The third kappa shape index (κ3) is 3.79. The summed E-state index contributed by atoms with van der Waals surface area (Å²) in [5.41, 5.74) is 0.241. The van der Waals surface area contributed by atoms with Gasteiger partial charge in [-0.2, -0.15) is 8.42 Å². The lowest BCUT2D eigenvalue weighted by atomic mass is 9.92. The van der Waals surface area contributed by atoms with Crippen LogP contribution in [-0.4, -0.2) is 24.2 Å². The molecule has 0 N–H and O–H groups in total. The Morgan fingerprint density at radius 1 is 0.929 bits per heavy atom. The van der Waals surface area contributed by atoms with Gasteiger partial charge in [0.15, 0.2) is 5.44 Å². The summed E-state index contributed by atoms with van der Waals surface area (Å²) in [4.78, 5) is 0.434. The first-order chi connectivity index (χ1) is 13.4. The van der Waals surface area contributed by atoms with E-state index in [9.17, 15) is 12.6 Å². The minimum absolute atomic E-state index is 0.0413. The largest absolute Gasteiger partial charge is 0.354 e. The van der Waals surface area contributed by atoms with Crippen LogP contribution < -0.4 is 0 Å². The van der Waals surface area contributed by atoms with E-state index in [1.165, 1.54) is 12.1 Å². The van der Waals surface area contributed by atoms with Crippen LogP contribution in [0.25, 0.3) is 0 Å². The number of benzene rings is 2. The molecule has 0 aromatic heterocycles. The fraction of sp³-hybridized carbons (Fsp3) is 0.333. The summed E-state index contributed by atoms with van der Waals surface area (Å²) in [6.45, 7) is 1.88. The molecule has 5 nitrogen and oxygen atoms in total. The molecule has 2 aromatic rings. The van der Waals surface area contributed by atoms with Crippen molar-refractivity contribution < 1.29 is 17.4 Å². The number of epoxide rings is 1. The lowest BCUT2D eigenvalue weighted by Crippen LogP contribution is -2.19. The molecule has 0 radical (unpaired) electrons. The summed E-state index contributed by atoms with van der Waals surface area (Å²) in [6, 6.07) is 15.0. The average molecular weight is 418 g/mol. The fourth-order valence-electron chi connectivity index (χ4n) is 3.55. The van der Waals surface area contributed by atoms with Crippen molar-refractivity contribution in [2.45, 2.75) is 47.5 Å². The van der Waals surface area contributed by atoms with Crippen molar-refractivity contribution in [1.82, 2.24) is 0 Å². The Hall–Kier alpha value is -1.96. The van der Waals surface area contributed by atoms with Crippen molar-refractivity contribution in [2.75, 3.05) is 0 Å². The second-order valence-electron chi connectivity index (χ2n) is 7.26. The monoisotopic (exact) mass is 417 g/mol. The number of sulfonamides is 1. The maximum atomic E-state index is 14.0. The van der Waals surface area contributed by atoms with Gasteiger partial charge in [-0.05, 0) is 56.4 Å². The molecule has 28 heavy (non-hydrogen) atoms. The first-order valence-electron chi connectivity index (χ1n) is 9.35. The number of rotatable bonds is 5. The van der Waals surface area contributed by atoms with Crippen LogP contribution in [0.4, 0.5) is 0 Å². The van der Waals surface area contributed by atoms with Gasteiger partial charge >= 0.3 is 0 Å². The van der Waals surface area contributed by atoms with Crippen molar-refractivity contribution in [3.05, 3.63) is 72.3 Å². The van der Waals surface area contributed by atoms with E-state index in [2.05, 4.69) is 15.9 Å². The Bertz CT molecular complexity index is 1100. The SMILES string of the molecule is Cc1ccc(S(=O)(=O)N=S(=O)(c2ccccc2)[C@@H]2O[C@H]2C2CC=CCC2)cc1. The van der Waals surface area contributed by atoms with Crippen LogP contribution in [0.1, 0.15) is 24.8 Å². The fourth-order valence-corrected chi connectivity index (χ4v) is 7.90. The minimum atomic E-state index is -4.09. The number of aryl methyl sites for hydroxylation is 1. The van der Waals surface area contributed by atoms with Gasteiger partial charge in [-0.3, -0.25) is 0 Å². The summed E-state index contributed by atoms with van der Waals surface area (Å²) in [5, 5.41) is 0. The topological polar surface area (TPSA) is 76.1 Å². The molecule has 1 heterocycles. The van der Waals surface area contributed by atoms with E-state index in [1.807, 2.05) is 6.92 Å². The third-order valence-electron chi connectivity index (χ3n) is 5.18. The quantitative estimate of drug-likeness (QED) is 0.537. The summed E-state index contributed by atoms with van der Waals surface area (Å²) >= 11 is 0. The molecule has 0 bridgehead atoms. The van der Waals surface area contributed by atoms with E-state index in [-0.39, 0.29) is 16.9 Å². The lowest BCUT2D eigenvalue weighted by Gasteiger charge is -2.15. The van der Waals surface area contributed by atoms with Gasteiger partial charge in [0.25, 0.3) is 10.0 Å². The highest BCUT2D eigenvalue weighted by atomic mass is 32.3. The summed E-state index contributed by atoms with van der Waals surface area (Å²) in [6.07, 6.45) is 6.78. The van der Waals surface area contributed by atoms with Crippen LogP contribution in [0.15, 0.2) is 80.3 Å². The van der Waals surface area contributed by atoms with Gasteiger partial charge in [0.05, 0.1) is 9.79 Å². The van der Waals surface area contributed by atoms with Crippen LogP contribution in [0.3, 0.4) is 0 Å². The maximum absolute atomic E-state index is 14.0. The molecular weight excluding hydrogens is 394 g/mol. The number of hydrogen-bond acceptors (Lipinski definition) is 4. The Morgan fingerprint density at radius 2 is 1.64 bits per heavy atom. The molecule has 2 aromatic carbocycles. The molecule has 148 valence electrons. The zero-order chi connectivity index (χ0) is 19.8. The molecular formula is C21H23NO4S2. The Kier molecular flexibility index (Phi) is 5.16. The zero-order valence-electron chi connectivity index (χ0n) is 15.6. The van der Waals surface area contributed by atoms with Crippen molar-refractivity contribution >= 4 is 19.8 Å². The highest BCUT2D eigenvalue weighted by molar-refractivity contribution is 8.03. The molecule has 4 atom stereocenters. The predicted molar refractivity (Wildman–Crippen MR) is 109 cm³/mol. The molecule has 0 amide bonds. The van der Waals surface area contributed by atoms with Gasteiger partial charge in [-0.25, -0.2) is 4.21 Å². The Balaban J connectivity index is 1.76. The highest BCUT2D eigenvalue weighted by Crippen LogP contribution is 2.43. The van der Waals surface area contributed by atoms with Crippen molar-refractivity contribution in [1.29, 1.82) is 0 Å². The summed E-state index contributed by atoms with van der Waals surface area (Å²) < 4.78 is 49.6. The van der Waals surface area contributed by atoms with E-state index in [0.29, 0.717) is 4.90 Å². The lowest BCUT2D eigenvalue weighted by molar-refractivity contribution is 0.310. The van der Waals surface area contributed by atoms with E-state index >= 15 is 0 Å². The van der Waals surface area contributed by atoms with E-state index in [0.717, 1.165) is 24.8 Å². The zero-order valence-corrected chi connectivity index (χ0v) is 17.2. The number of allylic oxidation sites excluding steroid dienone is 2. The normalized spacial score (nSPS) is 26.4. The third-order valence-corrected chi connectivity index (χ3v) is 9.68. The van der Waals surface area contributed by atoms with Gasteiger partial charge < -0.3 is 4.74 Å². The van der Waals surface area contributed by atoms with Gasteiger partial charge in [0.2, 0.25) is 0 Å². The van der Waals surface area contributed by atoms with Gasteiger partial charge in [-0.1, -0.05) is 51.8 Å². The predicted octanol–water partition coefficient (Wildman–Crippen LogP) is 4.29. The minimum Gasteiger partial charge on any atom is -0.354 e. The van der Waals surface area contributed by atoms with Crippen LogP contribution in [0, 0.1) is 12.8 Å². The molecule has 1 saturated heterocycles. The number of ether oxygens (including phenoxy) is 1. The molecule has 0 saturated carbocycles. The first-order valence-corrected chi connectivity index (χ1v) is 12.4. The molecule has 1 fully saturated rings. The Morgan fingerprint density at radius 3 is 2.29 bits per heavy atom. The maximum Gasteiger partial charge on any atom is 0.290 e. The highest BCUT2D eigenvalue weighted by Gasteiger charge is 2.52. The van der Waals surface area contributed by atoms with Crippen LogP contribution in [0.5, 0.6) is 0 Å². The molecule has 2 aliphatic rings. The molecule has 1 aliphatic heterocycles. The molecule has 4 rings (SSSR count). The summed E-state index contributed by atoms with van der Waals surface area (Å²) in [7, 11) is -7.38. The van der Waals surface area contributed by atoms with Crippen molar-refractivity contribution in [2.24, 2.45) is 9.69 Å². The van der Waals surface area contributed by atoms with Gasteiger partial charge in [-0.15, -0.1) is 0 Å². The molecule has 2 unspecified atom stereocenters. The number of hydrogen-bond donors (Lipinski definition) is 0. The smallest absolute Gasteiger partial charge is 0.290 e. The van der Waals surface area contributed by atoms with Crippen molar-refractivity contribution in [3.63, 3.8) is 0 Å². The van der Waals surface area contributed by atoms with Crippen LogP contribution >= 0.6 is 0 Å². The van der Waals surface area contributed by atoms with Crippen LogP contribution in [0.2, 0.25) is 0 Å². The average Bonchev–Trinajstić information content (AvgIpc) is 3.51. The number of nitrogens with zero attached hydrogens (tertiary/aromatic N) is 1.